The quantitative estimate of drug-likeness (QED) is 0.375. The summed E-state index contributed by atoms with van der Waals surface area (Å²) in [6.07, 6.45) is 5.19. The van der Waals surface area contributed by atoms with Crippen LogP contribution < -0.4 is 10.7 Å². The van der Waals surface area contributed by atoms with E-state index in [0.717, 1.165) is 49.4 Å². The number of hydrogen-bond donors (Lipinski definition) is 2. The van der Waals surface area contributed by atoms with Gasteiger partial charge in [0.15, 0.2) is 0 Å². The van der Waals surface area contributed by atoms with Gasteiger partial charge in [0.25, 0.3) is 0 Å². The maximum absolute atomic E-state index is 12.2. The molecule has 3 rings (SSSR count). The maximum atomic E-state index is 12.2. The normalized spacial score (nSPS) is 13.2. The van der Waals surface area contributed by atoms with E-state index in [1.54, 1.807) is 13.1 Å². The molecule has 1 amide bonds. The number of amides is 1. The highest BCUT2D eigenvalue weighted by atomic mass is 35.5. The average molecular weight is 560 g/mol. The van der Waals surface area contributed by atoms with Crippen LogP contribution in [-0.2, 0) is 11.3 Å². The Morgan fingerprint density at radius 3 is 2.53 bits per heavy atom. The van der Waals surface area contributed by atoms with Gasteiger partial charge in [0.1, 0.15) is 5.69 Å². The second-order valence-electron chi connectivity index (χ2n) is 8.27. The van der Waals surface area contributed by atoms with Gasteiger partial charge in [0, 0.05) is 22.8 Å². The Balaban J connectivity index is 0.00000324. The highest BCUT2D eigenvalue weighted by molar-refractivity contribution is 6.30. The number of nitrogens with zero attached hydrogens (tertiary/aromatic N) is 4. The number of hydrazine groups is 1. The van der Waals surface area contributed by atoms with Gasteiger partial charge in [-0.25, -0.2) is 15.2 Å². The first kappa shape index (κ1) is 31.9. The molecule has 0 saturated carbocycles. The topological polar surface area (TPSA) is 82.6 Å². The Hall–Kier alpha value is -2.10. The summed E-state index contributed by atoms with van der Waals surface area (Å²) in [6.45, 7) is 12.4. The first-order valence-electron chi connectivity index (χ1n) is 12.0. The minimum absolute atomic E-state index is 0. The summed E-state index contributed by atoms with van der Waals surface area (Å²) in [7, 11) is 0. The number of benzene rings is 1. The predicted molar refractivity (Wildman–Crippen MR) is 150 cm³/mol. The smallest absolute Gasteiger partial charge is 0.411 e. The van der Waals surface area contributed by atoms with E-state index >= 15 is 0 Å². The second kappa shape index (κ2) is 15.9. The van der Waals surface area contributed by atoms with E-state index in [0.29, 0.717) is 29.6 Å². The predicted octanol–water partition coefficient (Wildman–Crippen LogP) is 5.52. The minimum Gasteiger partial charge on any atom is -0.450 e. The van der Waals surface area contributed by atoms with Gasteiger partial charge >= 0.3 is 6.09 Å². The Morgan fingerprint density at radius 1 is 1.19 bits per heavy atom. The zero-order valence-corrected chi connectivity index (χ0v) is 23.7. The third-order valence-electron chi connectivity index (χ3n) is 5.75. The second-order valence-corrected chi connectivity index (χ2v) is 8.71. The fraction of sp³-hybridized carbons (Fsp3) is 0.480. The summed E-state index contributed by atoms with van der Waals surface area (Å²) >= 11 is 6.03. The van der Waals surface area contributed by atoms with Crippen LogP contribution in [-0.4, -0.2) is 58.3 Å². The molecule has 1 aliphatic rings. The lowest BCUT2D eigenvalue weighted by molar-refractivity contribution is 0.156. The monoisotopic (exact) mass is 558 g/mol. The molecular formula is C25H37Cl3N6O2. The summed E-state index contributed by atoms with van der Waals surface area (Å²) in [5.41, 5.74) is 7.17. The number of rotatable bonds is 11. The fourth-order valence-corrected chi connectivity index (χ4v) is 4.03. The number of carbonyl (C=O) groups is 1. The van der Waals surface area contributed by atoms with E-state index in [1.807, 2.05) is 35.5 Å². The lowest BCUT2D eigenvalue weighted by Crippen LogP contribution is -2.43. The van der Waals surface area contributed by atoms with Crippen molar-refractivity contribution in [2.24, 2.45) is 0 Å². The number of ether oxygens (including phenoxy) is 1. The van der Waals surface area contributed by atoms with E-state index in [9.17, 15) is 4.79 Å². The lowest BCUT2D eigenvalue weighted by atomic mass is 10.1. The highest BCUT2D eigenvalue weighted by Gasteiger charge is 2.23. The number of halogens is 3. The molecule has 1 aromatic carbocycles. The Bertz CT molecular complexity index is 986. The van der Waals surface area contributed by atoms with Crippen LogP contribution >= 0.6 is 36.4 Å². The van der Waals surface area contributed by atoms with Crippen molar-refractivity contribution in [3.05, 3.63) is 53.1 Å². The van der Waals surface area contributed by atoms with Crippen molar-refractivity contribution in [1.29, 1.82) is 0 Å². The van der Waals surface area contributed by atoms with Gasteiger partial charge in [-0.1, -0.05) is 37.6 Å². The van der Waals surface area contributed by atoms with Crippen LogP contribution in [0.4, 0.5) is 4.79 Å². The van der Waals surface area contributed by atoms with Gasteiger partial charge in [-0.2, -0.15) is 0 Å². The number of alkyl carbamates (subject to hydrolysis) is 1. The third-order valence-corrected chi connectivity index (χ3v) is 6.00. The van der Waals surface area contributed by atoms with Crippen molar-refractivity contribution < 1.29 is 9.53 Å². The molecule has 1 aromatic heterocycles. The van der Waals surface area contributed by atoms with Gasteiger partial charge in [-0.05, 0) is 58.5 Å². The number of carbonyl (C=O) groups excluding carboxylic acids is 1. The maximum Gasteiger partial charge on any atom is 0.411 e. The van der Waals surface area contributed by atoms with E-state index in [1.165, 1.54) is 0 Å². The average Bonchev–Trinajstić information content (AvgIpc) is 2.82. The molecule has 0 saturated heterocycles. The van der Waals surface area contributed by atoms with Gasteiger partial charge in [-0.3, -0.25) is 10.3 Å². The third kappa shape index (κ3) is 9.09. The minimum atomic E-state index is -0.516. The largest absolute Gasteiger partial charge is 0.450 e. The SMILES string of the molecule is CCOC(=O)NC1=CN(NC(C)CCCN(CC)CC)Cc2nc(-c3ccc(Cl)cc3)cnc21.Cl.Cl. The Labute approximate surface area is 231 Å². The van der Waals surface area contributed by atoms with Gasteiger partial charge in [-0.15, -0.1) is 24.8 Å². The molecule has 200 valence electrons. The lowest BCUT2D eigenvalue weighted by Gasteiger charge is -2.31. The molecule has 0 spiro atoms. The van der Waals surface area contributed by atoms with E-state index in [2.05, 4.69) is 41.4 Å². The van der Waals surface area contributed by atoms with Gasteiger partial charge in [0.2, 0.25) is 0 Å². The summed E-state index contributed by atoms with van der Waals surface area (Å²) in [4.78, 5) is 24.1. The van der Waals surface area contributed by atoms with Crippen molar-refractivity contribution >= 4 is 48.2 Å². The van der Waals surface area contributed by atoms with Crippen molar-refractivity contribution in [3.63, 3.8) is 0 Å². The zero-order valence-electron chi connectivity index (χ0n) is 21.3. The molecule has 0 bridgehead atoms. The summed E-state index contributed by atoms with van der Waals surface area (Å²) in [5.74, 6) is 0. The van der Waals surface area contributed by atoms with Crippen molar-refractivity contribution in [3.8, 4) is 11.3 Å². The molecule has 1 unspecified atom stereocenters. The van der Waals surface area contributed by atoms with Crippen LogP contribution in [0.3, 0.4) is 0 Å². The molecule has 0 aliphatic carbocycles. The number of hydrogen-bond acceptors (Lipinski definition) is 7. The van der Waals surface area contributed by atoms with E-state index in [4.69, 9.17) is 21.3 Å². The molecule has 1 atom stereocenters. The first-order chi connectivity index (χ1) is 16.4. The molecule has 36 heavy (non-hydrogen) atoms. The van der Waals surface area contributed by atoms with Crippen LogP contribution in [0.1, 0.15) is 51.9 Å². The van der Waals surface area contributed by atoms with Gasteiger partial charge < -0.3 is 14.6 Å². The van der Waals surface area contributed by atoms with Gasteiger partial charge in [0.05, 0.1) is 36.4 Å². The molecule has 1 aliphatic heterocycles. The summed E-state index contributed by atoms with van der Waals surface area (Å²) in [5, 5.41) is 5.45. The fourth-order valence-electron chi connectivity index (χ4n) is 3.91. The van der Waals surface area contributed by atoms with Crippen molar-refractivity contribution in [2.75, 3.05) is 26.2 Å². The molecule has 0 radical (unpaired) electrons. The van der Waals surface area contributed by atoms with Crippen molar-refractivity contribution in [2.45, 2.75) is 53.1 Å². The van der Waals surface area contributed by atoms with Crippen LogP contribution in [0, 0.1) is 0 Å². The number of aromatic nitrogens is 2. The molecule has 2 heterocycles. The molecule has 8 nitrogen and oxygen atoms in total. The van der Waals surface area contributed by atoms with E-state index < -0.39 is 6.09 Å². The molecule has 2 N–H and O–H groups in total. The van der Waals surface area contributed by atoms with Crippen LogP contribution in [0.25, 0.3) is 17.0 Å². The zero-order chi connectivity index (χ0) is 24.5. The van der Waals surface area contributed by atoms with Crippen LogP contribution in [0.2, 0.25) is 5.02 Å². The number of nitrogens with one attached hydrogen (secondary N) is 2. The summed E-state index contributed by atoms with van der Waals surface area (Å²) < 4.78 is 5.08. The van der Waals surface area contributed by atoms with Crippen LogP contribution in [0.15, 0.2) is 36.7 Å². The molecule has 0 fully saturated rings. The highest BCUT2D eigenvalue weighted by Crippen LogP contribution is 2.25. The van der Waals surface area contributed by atoms with Crippen molar-refractivity contribution in [1.82, 2.24) is 30.6 Å². The Morgan fingerprint density at radius 2 is 1.89 bits per heavy atom. The molecular weight excluding hydrogens is 523 g/mol. The first-order valence-corrected chi connectivity index (χ1v) is 12.3. The molecule has 2 aromatic rings. The van der Waals surface area contributed by atoms with Crippen LogP contribution in [0.5, 0.6) is 0 Å². The Kier molecular flexibility index (Phi) is 14.1. The standard InChI is InChI=1S/C25H35ClN6O2.2ClH/c1-5-31(6-2)14-8-9-18(4)30-32-16-22-24(23(17-32)29-25(33)34-7-3)27-15-21(28-22)19-10-12-20(26)13-11-19;;/h10-13,15,17-18,30H,5-9,14,16H2,1-4H3,(H,29,33);2*1H. The van der Waals surface area contributed by atoms with E-state index in [-0.39, 0.29) is 30.9 Å². The number of fused-ring (bicyclic) bond motifs is 1. The summed E-state index contributed by atoms with van der Waals surface area (Å²) in [6, 6.07) is 7.76. The molecule has 11 heteroatoms.